The number of carbonyl (C=O) groups is 3. The van der Waals surface area contributed by atoms with Crippen molar-refractivity contribution in [3.05, 3.63) is 76.8 Å². The first-order chi connectivity index (χ1) is 14.0. The molecule has 0 saturated carbocycles. The molecule has 29 heavy (non-hydrogen) atoms. The van der Waals surface area contributed by atoms with Crippen LogP contribution in [-0.2, 0) is 22.4 Å². The van der Waals surface area contributed by atoms with Crippen LogP contribution in [0.15, 0.2) is 60.0 Å². The first-order valence-electron chi connectivity index (χ1n) is 8.91. The number of nitrogens with one attached hydrogen (secondary N) is 2. The highest BCUT2D eigenvalue weighted by Gasteiger charge is 2.13. The second-order valence-electron chi connectivity index (χ2n) is 6.29. The van der Waals surface area contributed by atoms with Crippen molar-refractivity contribution in [3.8, 4) is 0 Å². The van der Waals surface area contributed by atoms with Crippen LogP contribution in [0.25, 0.3) is 0 Å². The Morgan fingerprint density at radius 3 is 2.34 bits per heavy atom. The van der Waals surface area contributed by atoms with Crippen LogP contribution < -0.4 is 10.6 Å². The van der Waals surface area contributed by atoms with Crippen LogP contribution in [0.3, 0.4) is 0 Å². The minimum Gasteiger partial charge on any atom is -0.481 e. The second kappa shape index (κ2) is 9.61. The van der Waals surface area contributed by atoms with Crippen LogP contribution in [-0.4, -0.2) is 27.9 Å². The smallest absolute Gasteiger partial charge is 0.307 e. The summed E-state index contributed by atoms with van der Waals surface area (Å²) in [5, 5.41) is 16.1. The van der Waals surface area contributed by atoms with Gasteiger partial charge in [-0.25, -0.2) is 4.98 Å². The number of hydrogen-bond acceptors (Lipinski definition) is 5. The van der Waals surface area contributed by atoms with E-state index < -0.39 is 11.9 Å². The van der Waals surface area contributed by atoms with Crippen molar-refractivity contribution in [3.63, 3.8) is 0 Å². The standard InChI is InChI=1S/C21H19N3O4S/c25-18(11-8-14-4-2-1-3-5-14)24-21-23-17(13-29-21)20(28)22-16-9-6-15(7-10-16)12-19(26)27/h1-7,9-10,13H,8,11-12H2,(H,22,28)(H,26,27)(H,23,24,25). The molecule has 1 heterocycles. The van der Waals surface area contributed by atoms with Gasteiger partial charge >= 0.3 is 5.97 Å². The van der Waals surface area contributed by atoms with Gasteiger partial charge in [0.05, 0.1) is 6.42 Å². The Bertz CT molecular complexity index is 1000. The molecule has 0 aliphatic rings. The summed E-state index contributed by atoms with van der Waals surface area (Å²) in [4.78, 5) is 39.2. The SMILES string of the molecule is O=C(O)Cc1ccc(NC(=O)c2csc(NC(=O)CCc3ccccc3)n2)cc1. The van der Waals surface area contributed by atoms with Gasteiger partial charge in [-0.05, 0) is 29.7 Å². The second-order valence-corrected chi connectivity index (χ2v) is 7.15. The quantitative estimate of drug-likeness (QED) is 0.527. The zero-order valence-corrected chi connectivity index (χ0v) is 16.2. The molecule has 0 fully saturated rings. The van der Waals surface area contributed by atoms with Gasteiger partial charge in [-0.3, -0.25) is 14.4 Å². The lowest BCUT2D eigenvalue weighted by Gasteiger charge is -2.04. The maximum Gasteiger partial charge on any atom is 0.307 e. The van der Waals surface area contributed by atoms with Crippen LogP contribution in [0.2, 0.25) is 0 Å². The van der Waals surface area contributed by atoms with E-state index in [1.54, 1.807) is 29.6 Å². The van der Waals surface area contributed by atoms with Crippen molar-refractivity contribution in [2.24, 2.45) is 0 Å². The first-order valence-corrected chi connectivity index (χ1v) is 9.79. The van der Waals surface area contributed by atoms with E-state index in [0.29, 0.717) is 29.2 Å². The Morgan fingerprint density at radius 2 is 1.66 bits per heavy atom. The molecule has 148 valence electrons. The molecular formula is C21H19N3O4S. The molecule has 0 bridgehead atoms. The average molecular weight is 409 g/mol. The Hall–Kier alpha value is -3.52. The number of aromatic nitrogens is 1. The highest BCUT2D eigenvalue weighted by atomic mass is 32.1. The fraction of sp³-hybridized carbons (Fsp3) is 0.143. The Morgan fingerprint density at radius 1 is 0.931 bits per heavy atom. The minimum absolute atomic E-state index is 0.0758. The number of thiazole rings is 1. The van der Waals surface area contributed by atoms with Crippen molar-refractivity contribution in [1.29, 1.82) is 0 Å². The number of aliphatic carboxylic acids is 1. The number of rotatable bonds is 8. The van der Waals surface area contributed by atoms with Gasteiger partial charge in [0.15, 0.2) is 5.13 Å². The fourth-order valence-electron chi connectivity index (χ4n) is 2.60. The number of hydrogen-bond donors (Lipinski definition) is 3. The van der Waals surface area contributed by atoms with Crippen molar-refractivity contribution >= 4 is 39.9 Å². The lowest BCUT2D eigenvalue weighted by molar-refractivity contribution is -0.136. The molecule has 2 aromatic carbocycles. The van der Waals surface area contributed by atoms with Crippen molar-refractivity contribution < 1.29 is 19.5 Å². The summed E-state index contributed by atoms with van der Waals surface area (Å²) in [6.07, 6.45) is 0.880. The number of amides is 2. The van der Waals surface area contributed by atoms with Crippen molar-refractivity contribution in [2.75, 3.05) is 10.6 Å². The predicted octanol–water partition coefficient (Wildman–Crippen LogP) is 3.59. The molecule has 7 nitrogen and oxygen atoms in total. The topological polar surface area (TPSA) is 108 Å². The zero-order valence-electron chi connectivity index (χ0n) is 15.4. The maximum absolute atomic E-state index is 12.3. The van der Waals surface area contributed by atoms with Gasteiger partial charge in [0, 0.05) is 17.5 Å². The van der Waals surface area contributed by atoms with Crippen molar-refractivity contribution in [2.45, 2.75) is 19.3 Å². The summed E-state index contributed by atoms with van der Waals surface area (Å²) in [5.41, 5.74) is 2.45. The summed E-state index contributed by atoms with van der Waals surface area (Å²) >= 11 is 1.18. The Balaban J connectivity index is 1.51. The van der Waals surface area contributed by atoms with Crippen LogP contribution in [0, 0.1) is 0 Å². The van der Waals surface area contributed by atoms with E-state index in [-0.39, 0.29) is 18.0 Å². The summed E-state index contributed by atoms with van der Waals surface area (Å²) < 4.78 is 0. The fourth-order valence-corrected chi connectivity index (χ4v) is 3.30. The third kappa shape index (κ3) is 6.25. The van der Waals surface area contributed by atoms with Crippen molar-refractivity contribution in [1.82, 2.24) is 4.98 Å². The van der Waals surface area contributed by atoms with Crippen LogP contribution >= 0.6 is 11.3 Å². The molecule has 8 heteroatoms. The molecule has 0 radical (unpaired) electrons. The molecule has 3 rings (SSSR count). The lowest BCUT2D eigenvalue weighted by atomic mass is 10.1. The maximum atomic E-state index is 12.3. The molecule has 0 spiro atoms. The molecule has 0 aliphatic heterocycles. The third-order valence-electron chi connectivity index (χ3n) is 4.03. The number of benzene rings is 2. The van der Waals surface area contributed by atoms with Gasteiger partial charge in [-0.2, -0.15) is 0 Å². The molecule has 0 saturated heterocycles. The highest BCUT2D eigenvalue weighted by molar-refractivity contribution is 7.14. The van der Waals surface area contributed by atoms with Crippen LogP contribution in [0.4, 0.5) is 10.8 Å². The monoisotopic (exact) mass is 409 g/mol. The number of carboxylic acid groups (broad SMARTS) is 1. The molecule has 0 atom stereocenters. The summed E-state index contributed by atoms with van der Waals surface area (Å²) in [5.74, 6) is -1.48. The largest absolute Gasteiger partial charge is 0.481 e. The van der Waals surface area contributed by atoms with Gasteiger partial charge in [-0.15, -0.1) is 11.3 Å². The van der Waals surface area contributed by atoms with Gasteiger partial charge in [0.1, 0.15) is 5.69 Å². The van der Waals surface area contributed by atoms with Crippen LogP contribution in [0.5, 0.6) is 0 Å². The molecule has 0 aliphatic carbocycles. The van der Waals surface area contributed by atoms with E-state index >= 15 is 0 Å². The summed E-state index contributed by atoms with van der Waals surface area (Å²) in [7, 11) is 0. The molecule has 3 N–H and O–H groups in total. The van der Waals surface area contributed by atoms with E-state index in [2.05, 4.69) is 15.6 Å². The van der Waals surface area contributed by atoms with Gasteiger partial charge in [0.25, 0.3) is 5.91 Å². The zero-order chi connectivity index (χ0) is 20.6. The minimum atomic E-state index is -0.914. The van der Waals surface area contributed by atoms with E-state index in [1.807, 2.05) is 30.3 Å². The Kier molecular flexibility index (Phi) is 6.70. The van der Waals surface area contributed by atoms with Gasteiger partial charge < -0.3 is 15.7 Å². The summed E-state index contributed by atoms with van der Waals surface area (Å²) in [6, 6.07) is 16.3. The Labute approximate surface area is 171 Å². The summed E-state index contributed by atoms with van der Waals surface area (Å²) in [6.45, 7) is 0. The number of nitrogens with zero attached hydrogens (tertiary/aromatic N) is 1. The number of carbonyl (C=O) groups excluding carboxylic acids is 2. The molecular weight excluding hydrogens is 390 g/mol. The predicted molar refractivity (Wildman–Crippen MR) is 111 cm³/mol. The number of carboxylic acids is 1. The normalized spacial score (nSPS) is 10.3. The van der Waals surface area contributed by atoms with Gasteiger partial charge in [0.2, 0.25) is 5.91 Å². The third-order valence-corrected chi connectivity index (χ3v) is 4.79. The van der Waals surface area contributed by atoms with E-state index in [9.17, 15) is 14.4 Å². The van der Waals surface area contributed by atoms with E-state index in [1.165, 1.54) is 11.3 Å². The number of anilines is 2. The van der Waals surface area contributed by atoms with Crippen LogP contribution in [0.1, 0.15) is 28.0 Å². The van der Waals surface area contributed by atoms with Gasteiger partial charge in [-0.1, -0.05) is 42.5 Å². The average Bonchev–Trinajstić information content (AvgIpc) is 3.17. The van der Waals surface area contributed by atoms with E-state index in [4.69, 9.17) is 5.11 Å². The number of aryl methyl sites for hydroxylation is 1. The molecule has 2 amide bonds. The molecule has 1 aromatic heterocycles. The first kappa shape index (κ1) is 20.2. The highest BCUT2D eigenvalue weighted by Crippen LogP contribution is 2.18. The molecule has 3 aromatic rings. The lowest BCUT2D eigenvalue weighted by Crippen LogP contribution is -2.14. The van der Waals surface area contributed by atoms with E-state index in [0.717, 1.165) is 5.56 Å². The molecule has 0 unspecified atom stereocenters.